The minimum atomic E-state index is -0.946. The zero-order valence-electron chi connectivity index (χ0n) is 15.7. The topological polar surface area (TPSA) is 84.1 Å². The van der Waals surface area contributed by atoms with Crippen LogP contribution in [-0.2, 0) is 9.53 Å². The zero-order valence-corrected chi connectivity index (χ0v) is 15.7. The third-order valence-electron chi connectivity index (χ3n) is 4.68. The van der Waals surface area contributed by atoms with Crippen LogP contribution in [-0.4, -0.2) is 28.2 Å². The van der Waals surface area contributed by atoms with Gasteiger partial charge in [0.1, 0.15) is 0 Å². The highest BCUT2D eigenvalue weighted by Crippen LogP contribution is 2.26. The van der Waals surface area contributed by atoms with Crippen LogP contribution in [0.2, 0.25) is 0 Å². The minimum absolute atomic E-state index is 0.172. The number of rotatable bonds is 6. The number of aromatic nitrogens is 2. The summed E-state index contributed by atoms with van der Waals surface area (Å²) in [5.74, 6) is -0.695. The van der Waals surface area contributed by atoms with Gasteiger partial charge in [-0.15, -0.1) is 0 Å². The Morgan fingerprint density at radius 1 is 1.11 bits per heavy atom. The lowest BCUT2D eigenvalue weighted by Gasteiger charge is -2.18. The van der Waals surface area contributed by atoms with Crippen molar-refractivity contribution < 1.29 is 14.3 Å². The molecule has 6 nitrogen and oxygen atoms in total. The van der Waals surface area contributed by atoms with Crippen LogP contribution in [0.1, 0.15) is 49.2 Å². The molecule has 0 aliphatic rings. The number of hydrogen-bond donors (Lipinski definition) is 2. The molecule has 0 bridgehead atoms. The van der Waals surface area contributed by atoms with E-state index >= 15 is 0 Å². The summed E-state index contributed by atoms with van der Waals surface area (Å²) in [5.41, 5.74) is 2.71. The number of carbonyl (C=O) groups is 2. The number of anilines is 1. The van der Waals surface area contributed by atoms with Crippen molar-refractivity contribution in [2.75, 3.05) is 5.32 Å². The molecule has 2 N–H and O–H groups in total. The summed E-state index contributed by atoms with van der Waals surface area (Å²) >= 11 is 0. The molecule has 3 aromatic rings. The lowest BCUT2D eigenvalue weighted by atomic mass is 9.97. The van der Waals surface area contributed by atoms with Gasteiger partial charge in [0.05, 0.1) is 5.52 Å². The molecule has 1 heterocycles. The van der Waals surface area contributed by atoms with E-state index < -0.39 is 12.1 Å². The van der Waals surface area contributed by atoms with Gasteiger partial charge in [-0.05, 0) is 37.0 Å². The molecule has 0 saturated heterocycles. The Hall–Kier alpha value is -3.15. The van der Waals surface area contributed by atoms with Crippen LogP contribution in [0.4, 0.5) is 5.69 Å². The molecule has 1 amide bonds. The third-order valence-corrected chi connectivity index (χ3v) is 4.68. The summed E-state index contributed by atoms with van der Waals surface area (Å²) in [5, 5.41) is 10.3. The van der Waals surface area contributed by atoms with E-state index in [4.69, 9.17) is 4.74 Å². The van der Waals surface area contributed by atoms with Gasteiger partial charge in [-0.2, -0.15) is 5.10 Å². The standard InChI is InChI=1S/C21H23N3O3/c1-4-13(2)15-9-5-7-11-17(15)22-20(25)14(3)27-21(26)19-16-10-6-8-12-18(16)23-24-19/h5-14H,4H2,1-3H3,(H,22,25)(H,23,24)/t13-,14-/m1/s1. The maximum absolute atomic E-state index is 12.5. The largest absolute Gasteiger partial charge is 0.448 e. The van der Waals surface area contributed by atoms with E-state index in [-0.39, 0.29) is 11.6 Å². The van der Waals surface area contributed by atoms with Crippen molar-refractivity contribution in [2.24, 2.45) is 0 Å². The number of para-hydroxylation sites is 2. The van der Waals surface area contributed by atoms with Gasteiger partial charge >= 0.3 is 5.97 Å². The molecular formula is C21H23N3O3. The number of amides is 1. The van der Waals surface area contributed by atoms with E-state index in [1.807, 2.05) is 42.5 Å². The summed E-state index contributed by atoms with van der Waals surface area (Å²) in [6.07, 6.45) is 0.0156. The Labute approximate surface area is 157 Å². The van der Waals surface area contributed by atoms with Gasteiger partial charge in [0, 0.05) is 11.1 Å². The molecule has 0 spiro atoms. The van der Waals surface area contributed by atoms with Gasteiger partial charge in [-0.25, -0.2) is 4.79 Å². The summed E-state index contributed by atoms with van der Waals surface area (Å²) in [6, 6.07) is 14.9. The normalized spacial score (nSPS) is 13.1. The van der Waals surface area contributed by atoms with E-state index in [2.05, 4.69) is 29.4 Å². The molecule has 0 unspecified atom stereocenters. The lowest BCUT2D eigenvalue weighted by molar-refractivity contribution is -0.123. The summed E-state index contributed by atoms with van der Waals surface area (Å²) < 4.78 is 5.33. The second kappa shape index (κ2) is 8.03. The fourth-order valence-electron chi connectivity index (χ4n) is 2.88. The first-order valence-electron chi connectivity index (χ1n) is 9.05. The molecule has 1 aromatic heterocycles. The maximum Gasteiger partial charge on any atom is 0.360 e. The number of aromatic amines is 1. The number of fused-ring (bicyclic) bond motifs is 1. The average Bonchev–Trinajstić information content (AvgIpc) is 3.12. The Bertz CT molecular complexity index is 964. The Morgan fingerprint density at radius 3 is 2.59 bits per heavy atom. The van der Waals surface area contributed by atoms with Crippen molar-refractivity contribution >= 4 is 28.5 Å². The second-order valence-corrected chi connectivity index (χ2v) is 6.55. The maximum atomic E-state index is 12.5. The van der Waals surface area contributed by atoms with Crippen LogP contribution >= 0.6 is 0 Å². The van der Waals surface area contributed by atoms with E-state index in [9.17, 15) is 9.59 Å². The highest BCUT2D eigenvalue weighted by molar-refractivity contribution is 6.03. The molecule has 140 valence electrons. The van der Waals surface area contributed by atoms with Gasteiger partial charge in [0.15, 0.2) is 11.8 Å². The minimum Gasteiger partial charge on any atom is -0.448 e. The second-order valence-electron chi connectivity index (χ2n) is 6.55. The Morgan fingerprint density at radius 2 is 1.81 bits per heavy atom. The molecule has 0 aliphatic carbocycles. The number of hydrogen-bond acceptors (Lipinski definition) is 4. The van der Waals surface area contributed by atoms with E-state index in [0.29, 0.717) is 11.3 Å². The Kier molecular flexibility index (Phi) is 5.54. The van der Waals surface area contributed by atoms with Crippen molar-refractivity contribution in [3.8, 4) is 0 Å². The molecular weight excluding hydrogens is 342 g/mol. The van der Waals surface area contributed by atoms with Crippen LogP contribution in [0.25, 0.3) is 10.9 Å². The average molecular weight is 365 g/mol. The zero-order chi connectivity index (χ0) is 19.4. The molecule has 0 aliphatic heterocycles. The monoisotopic (exact) mass is 365 g/mol. The van der Waals surface area contributed by atoms with Gasteiger partial charge in [-0.1, -0.05) is 50.2 Å². The summed E-state index contributed by atoms with van der Waals surface area (Å²) in [6.45, 7) is 5.76. The molecule has 27 heavy (non-hydrogen) atoms. The van der Waals surface area contributed by atoms with Crippen LogP contribution in [0.5, 0.6) is 0 Å². The number of esters is 1. The number of nitrogens with zero attached hydrogens (tertiary/aromatic N) is 1. The summed E-state index contributed by atoms with van der Waals surface area (Å²) in [4.78, 5) is 25.0. The van der Waals surface area contributed by atoms with Crippen molar-refractivity contribution in [3.63, 3.8) is 0 Å². The van der Waals surface area contributed by atoms with Crippen LogP contribution in [0.3, 0.4) is 0 Å². The van der Waals surface area contributed by atoms with Crippen molar-refractivity contribution in [1.29, 1.82) is 0 Å². The van der Waals surface area contributed by atoms with Gasteiger partial charge in [-0.3, -0.25) is 9.89 Å². The fourth-order valence-corrected chi connectivity index (χ4v) is 2.88. The van der Waals surface area contributed by atoms with E-state index in [1.54, 1.807) is 13.0 Å². The summed E-state index contributed by atoms with van der Waals surface area (Å²) in [7, 11) is 0. The number of ether oxygens (including phenoxy) is 1. The molecule has 2 aromatic carbocycles. The quantitative estimate of drug-likeness (QED) is 0.639. The number of nitrogens with one attached hydrogen (secondary N) is 2. The lowest BCUT2D eigenvalue weighted by Crippen LogP contribution is -2.30. The molecule has 2 atom stereocenters. The van der Waals surface area contributed by atoms with E-state index in [0.717, 1.165) is 23.2 Å². The number of carbonyl (C=O) groups excluding carboxylic acids is 2. The van der Waals surface area contributed by atoms with Crippen LogP contribution < -0.4 is 5.32 Å². The first kappa shape index (κ1) is 18.6. The van der Waals surface area contributed by atoms with Crippen molar-refractivity contribution in [2.45, 2.75) is 39.2 Å². The molecule has 0 radical (unpaired) electrons. The van der Waals surface area contributed by atoms with Crippen LogP contribution in [0, 0.1) is 0 Å². The highest BCUT2D eigenvalue weighted by Gasteiger charge is 2.23. The van der Waals surface area contributed by atoms with E-state index in [1.165, 1.54) is 0 Å². The van der Waals surface area contributed by atoms with Crippen molar-refractivity contribution in [1.82, 2.24) is 10.2 Å². The highest BCUT2D eigenvalue weighted by atomic mass is 16.5. The number of H-pyrrole nitrogens is 1. The Balaban J connectivity index is 1.70. The van der Waals surface area contributed by atoms with Crippen LogP contribution in [0.15, 0.2) is 48.5 Å². The smallest absolute Gasteiger partial charge is 0.360 e. The number of benzene rings is 2. The predicted octanol–water partition coefficient (Wildman–Crippen LogP) is 4.26. The molecule has 6 heteroatoms. The molecule has 3 rings (SSSR count). The first-order chi connectivity index (χ1) is 13.0. The predicted molar refractivity (Wildman–Crippen MR) is 105 cm³/mol. The fraction of sp³-hybridized carbons (Fsp3) is 0.286. The third kappa shape index (κ3) is 4.00. The van der Waals surface area contributed by atoms with Gasteiger partial charge < -0.3 is 10.1 Å². The molecule has 0 fully saturated rings. The SMILES string of the molecule is CC[C@@H](C)c1ccccc1NC(=O)[C@@H](C)OC(=O)c1n[nH]c2ccccc12. The molecule has 0 saturated carbocycles. The van der Waals surface area contributed by atoms with Gasteiger partial charge in [0.25, 0.3) is 5.91 Å². The van der Waals surface area contributed by atoms with Gasteiger partial charge in [0.2, 0.25) is 0 Å². The first-order valence-corrected chi connectivity index (χ1v) is 9.05. The van der Waals surface area contributed by atoms with Crippen molar-refractivity contribution in [3.05, 3.63) is 59.8 Å².